The summed E-state index contributed by atoms with van der Waals surface area (Å²) in [7, 11) is 0. The molecule has 0 amide bonds. The van der Waals surface area contributed by atoms with E-state index in [2.05, 4.69) is 22.0 Å². The fraction of sp³-hybridized carbons (Fsp3) is 0.188. The van der Waals surface area contributed by atoms with Crippen LogP contribution in [0.15, 0.2) is 40.9 Å². The Hall–Kier alpha value is -1.61. The van der Waals surface area contributed by atoms with Crippen molar-refractivity contribution in [3.05, 3.63) is 63.1 Å². The van der Waals surface area contributed by atoms with Crippen molar-refractivity contribution in [2.75, 3.05) is 0 Å². The molecule has 0 aliphatic rings. The summed E-state index contributed by atoms with van der Waals surface area (Å²) >= 11 is 3.45. The van der Waals surface area contributed by atoms with Crippen LogP contribution in [0.5, 0.6) is 5.75 Å². The normalized spacial score (nSPS) is 10.3. The first kappa shape index (κ1) is 13.8. The first-order valence-corrected chi connectivity index (χ1v) is 6.83. The lowest BCUT2D eigenvalue weighted by Crippen LogP contribution is -2.02. The van der Waals surface area contributed by atoms with E-state index in [1.807, 2.05) is 44.2 Å². The fourth-order valence-electron chi connectivity index (χ4n) is 1.95. The molecule has 0 aromatic heterocycles. The predicted octanol–water partition coefficient (Wildman–Crippen LogP) is 4.46. The first-order valence-electron chi connectivity index (χ1n) is 6.04. The minimum absolute atomic E-state index is 0.455. The lowest BCUT2D eigenvalue weighted by Gasteiger charge is -2.12. The molecule has 0 saturated heterocycles. The van der Waals surface area contributed by atoms with Gasteiger partial charge in [0.2, 0.25) is 0 Å². The topological polar surface area (TPSA) is 26.3 Å². The second kappa shape index (κ2) is 6.02. The third-order valence-electron chi connectivity index (χ3n) is 3.05. The Morgan fingerprint density at radius 3 is 2.63 bits per heavy atom. The van der Waals surface area contributed by atoms with Crippen molar-refractivity contribution in [3.63, 3.8) is 0 Å². The van der Waals surface area contributed by atoms with Crippen molar-refractivity contribution in [1.82, 2.24) is 0 Å². The van der Waals surface area contributed by atoms with Gasteiger partial charge in [0.05, 0.1) is 4.47 Å². The van der Waals surface area contributed by atoms with Gasteiger partial charge in [-0.15, -0.1) is 0 Å². The third-order valence-corrected chi connectivity index (χ3v) is 3.70. The molecular formula is C16H15BrO2. The molecule has 0 atom stereocenters. The Balaban J connectivity index is 2.23. The molecule has 0 radical (unpaired) electrons. The van der Waals surface area contributed by atoms with Crippen LogP contribution in [-0.2, 0) is 6.61 Å². The molecular weight excluding hydrogens is 304 g/mol. The van der Waals surface area contributed by atoms with Gasteiger partial charge in [-0.25, -0.2) is 0 Å². The zero-order valence-electron chi connectivity index (χ0n) is 10.9. The molecule has 98 valence electrons. The minimum atomic E-state index is 0.455. The van der Waals surface area contributed by atoms with Crippen LogP contribution in [-0.4, -0.2) is 6.29 Å². The monoisotopic (exact) mass is 318 g/mol. The van der Waals surface area contributed by atoms with Crippen molar-refractivity contribution < 1.29 is 9.53 Å². The Morgan fingerprint density at radius 1 is 1.21 bits per heavy atom. The highest BCUT2D eigenvalue weighted by Crippen LogP contribution is 2.25. The SMILES string of the molecule is Cc1cc(C=O)c(C)c(COc2ccccc2Br)c1. The maximum Gasteiger partial charge on any atom is 0.150 e. The molecule has 2 rings (SSSR count). The molecule has 2 aromatic rings. The van der Waals surface area contributed by atoms with E-state index in [1.165, 1.54) is 0 Å². The summed E-state index contributed by atoms with van der Waals surface area (Å²) in [6, 6.07) is 11.7. The zero-order valence-corrected chi connectivity index (χ0v) is 12.5. The number of benzene rings is 2. The molecule has 2 nitrogen and oxygen atoms in total. The van der Waals surface area contributed by atoms with Crippen molar-refractivity contribution in [2.24, 2.45) is 0 Å². The maximum atomic E-state index is 11.0. The zero-order chi connectivity index (χ0) is 13.8. The van der Waals surface area contributed by atoms with Gasteiger partial charge in [0.1, 0.15) is 18.6 Å². The number of aldehydes is 1. The molecule has 0 spiro atoms. The Morgan fingerprint density at radius 2 is 1.95 bits per heavy atom. The molecule has 0 heterocycles. The number of ether oxygens (including phenoxy) is 1. The van der Waals surface area contributed by atoms with Gasteiger partial charge in [-0.05, 0) is 59.1 Å². The number of carbonyl (C=O) groups is 1. The molecule has 0 N–H and O–H groups in total. The summed E-state index contributed by atoms with van der Waals surface area (Å²) in [6.45, 7) is 4.38. The van der Waals surface area contributed by atoms with E-state index in [1.54, 1.807) is 0 Å². The molecule has 2 aromatic carbocycles. The average molecular weight is 319 g/mol. The summed E-state index contributed by atoms with van der Waals surface area (Å²) in [5.74, 6) is 0.802. The van der Waals surface area contributed by atoms with Crippen molar-refractivity contribution in [1.29, 1.82) is 0 Å². The molecule has 0 bridgehead atoms. The van der Waals surface area contributed by atoms with Gasteiger partial charge in [0.15, 0.2) is 0 Å². The Labute approximate surface area is 121 Å². The van der Waals surface area contributed by atoms with E-state index in [0.717, 1.165) is 38.8 Å². The number of hydrogen-bond acceptors (Lipinski definition) is 2. The lowest BCUT2D eigenvalue weighted by molar-refractivity contribution is 0.112. The van der Waals surface area contributed by atoms with E-state index in [-0.39, 0.29) is 0 Å². The fourth-order valence-corrected chi connectivity index (χ4v) is 2.35. The summed E-state index contributed by atoms with van der Waals surface area (Å²) in [4.78, 5) is 11.0. The van der Waals surface area contributed by atoms with Crippen LogP contribution in [0.25, 0.3) is 0 Å². The standard InChI is InChI=1S/C16H15BrO2/c1-11-7-13(9-18)12(2)14(8-11)10-19-16-6-4-3-5-15(16)17/h3-9H,10H2,1-2H3. The average Bonchev–Trinajstić information content (AvgIpc) is 2.41. The highest BCUT2D eigenvalue weighted by Gasteiger charge is 2.07. The van der Waals surface area contributed by atoms with Gasteiger partial charge >= 0.3 is 0 Å². The van der Waals surface area contributed by atoms with Gasteiger partial charge in [0, 0.05) is 5.56 Å². The van der Waals surface area contributed by atoms with E-state index >= 15 is 0 Å². The van der Waals surface area contributed by atoms with E-state index in [4.69, 9.17) is 4.74 Å². The number of carbonyl (C=O) groups excluding carboxylic acids is 1. The molecule has 19 heavy (non-hydrogen) atoms. The van der Waals surface area contributed by atoms with E-state index < -0.39 is 0 Å². The lowest BCUT2D eigenvalue weighted by atomic mass is 10.0. The Kier molecular flexibility index (Phi) is 4.38. The van der Waals surface area contributed by atoms with Gasteiger partial charge < -0.3 is 4.74 Å². The number of rotatable bonds is 4. The van der Waals surface area contributed by atoms with Crippen LogP contribution in [0.4, 0.5) is 0 Å². The number of aryl methyl sites for hydroxylation is 1. The summed E-state index contributed by atoms with van der Waals surface area (Å²) in [5, 5.41) is 0. The minimum Gasteiger partial charge on any atom is -0.488 e. The van der Waals surface area contributed by atoms with Crippen LogP contribution in [0.2, 0.25) is 0 Å². The highest BCUT2D eigenvalue weighted by molar-refractivity contribution is 9.10. The van der Waals surface area contributed by atoms with Gasteiger partial charge in [-0.3, -0.25) is 4.79 Å². The van der Waals surface area contributed by atoms with Crippen LogP contribution in [0.1, 0.15) is 27.0 Å². The summed E-state index contributed by atoms with van der Waals surface area (Å²) in [6.07, 6.45) is 0.893. The molecule has 0 unspecified atom stereocenters. The van der Waals surface area contributed by atoms with Crippen LogP contribution in [0, 0.1) is 13.8 Å². The molecule has 0 aliphatic carbocycles. The van der Waals surface area contributed by atoms with Crippen LogP contribution >= 0.6 is 15.9 Å². The van der Waals surface area contributed by atoms with E-state index in [9.17, 15) is 4.79 Å². The highest BCUT2D eigenvalue weighted by atomic mass is 79.9. The van der Waals surface area contributed by atoms with Gasteiger partial charge in [-0.1, -0.05) is 23.8 Å². The maximum absolute atomic E-state index is 11.0. The molecule has 3 heteroatoms. The molecule has 0 fully saturated rings. The summed E-state index contributed by atoms with van der Waals surface area (Å²) in [5.41, 5.74) is 3.81. The van der Waals surface area contributed by atoms with Crippen LogP contribution in [0.3, 0.4) is 0 Å². The van der Waals surface area contributed by atoms with Gasteiger partial charge in [-0.2, -0.15) is 0 Å². The quantitative estimate of drug-likeness (QED) is 0.778. The third kappa shape index (κ3) is 3.24. The van der Waals surface area contributed by atoms with Crippen molar-refractivity contribution in [3.8, 4) is 5.75 Å². The molecule has 0 saturated carbocycles. The van der Waals surface area contributed by atoms with E-state index in [0.29, 0.717) is 6.61 Å². The van der Waals surface area contributed by atoms with Gasteiger partial charge in [0.25, 0.3) is 0 Å². The number of halogens is 1. The van der Waals surface area contributed by atoms with Crippen molar-refractivity contribution in [2.45, 2.75) is 20.5 Å². The number of para-hydroxylation sites is 1. The van der Waals surface area contributed by atoms with Crippen LogP contribution < -0.4 is 4.74 Å². The van der Waals surface area contributed by atoms with Crippen molar-refractivity contribution >= 4 is 22.2 Å². The first-order chi connectivity index (χ1) is 9.11. The summed E-state index contributed by atoms with van der Waals surface area (Å²) < 4.78 is 6.72. The largest absolute Gasteiger partial charge is 0.488 e. The Bertz CT molecular complexity index is 606. The second-order valence-electron chi connectivity index (χ2n) is 4.48. The second-order valence-corrected chi connectivity index (χ2v) is 5.33. The predicted molar refractivity (Wildman–Crippen MR) is 79.8 cm³/mol. The smallest absolute Gasteiger partial charge is 0.150 e. The number of hydrogen-bond donors (Lipinski definition) is 0. The molecule has 0 aliphatic heterocycles.